The van der Waals surface area contributed by atoms with E-state index in [0.717, 1.165) is 34.9 Å². The summed E-state index contributed by atoms with van der Waals surface area (Å²) in [5.74, 6) is -0.537. The van der Waals surface area contributed by atoms with Crippen LogP contribution in [0.4, 0.5) is 0 Å². The zero-order valence-corrected chi connectivity index (χ0v) is 20.6. The van der Waals surface area contributed by atoms with E-state index in [9.17, 15) is 14.7 Å². The maximum atomic E-state index is 12.0. The second kappa shape index (κ2) is 10.9. The number of carbonyl (C=O) groups excluding carboxylic acids is 1. The zero-order valence-electron chi connectivity index (χ0n) is 20.6. The summed E-state index contributed by atoms with van der Waals surface area (Å²) in [6, 6.07) is 24.6. The first-order chi connectivity index (χ1) is 18.1. The summed E-state index contributed by atoms with van der Waals surface area (Å²) in [6.45, 7) is 1.03. The van der Waals surface area contributed by atoms with Crippen molar-refractivity contribution in [1.29, 1.82) is 0 Å². The standard InChI is InChI=1S/C31H28O6/c1-35-24-12-13-36-29(17-24)22-9-5-6-20(14-22)19-37-25-10-11-26-23(15-25)16-27(31(33)34)28(18-32)30(26)21-7-3-2-4-8-21/h2-11,14-16,18,24,29H,12-13,17,19H2,1H3,(H,33,34). The molecule has 4 aromatic rings. The molecule has 1 fully saturated rings. The number of methoxy groups -OCH3 is 1. The molecule has 0 radical (unpaired) electrons. The predicted molar refractivity (Wildman–Crippen MR) is 141 cm³/mol. The number of carboxylic acids is 1. The van der Waals surface area contributed by atoms with Crippen molar-refractivity contribution in [1.82, 2.24) is 0 Å². The number of hydrogen-bond acceptors (Lipinski definition) is 5. The van der Waals surface area contributed by atoms with E-state index >= 15 is 0 Å². The van der Waals surface area contributed by atoms with Crippen LogP contribution in [0, 0.1) is 0 Å². The molecule has 1 saturated heterocycles. The summed E-state index contributed by atoms with van der Waals surface area (Å²) in [5, 5.41) is 11.3. The third kappa shape index (κ3) is 5.26. The highest BCUT2D eigenvalue weighted by atomic mass is 16.5. The molecule has 1 heterocycles. The van der Waals surface area contributed by atoms with Gasteiger partial charge in [-0.15, -0.1) is 0 Å². The van der Waals surface area contributed by atoms with E-state index in [4.69, 9.17) is 14.2 Å². The Kier molecular flexibility index (Phi) is 7.30. The van der Waals surface area contributed by atoms with Crippen LogP contribution in [0.15, 0.2) is 78.9 Å². The molecule has 1 aliphatic heterocycles. The number of benzene rings is 4. The van der Waals surface area contributed by atoms with Gasteiger partial charge in [0.25, 0.3) is 0 Å². The topological polar surface area (TPSA) is 82.1 Å². The van der Waals surface area contributed by atoms with Gasteiger partial charge >= 0.3 is 5.97 Å². The smallest absolute Gasteiger partial charge is 0.336 e. The maximum absolute atomic E-state index is 12.0. The monoisotopic (exact) mass is 496 g/mol. The van der Waals surface area contributed by atoms with Gasteiger partial charge in [0.1, 0.15) is 12.4 Å². The molecular formula is C31H28O6. The molecule has 4 aromatic carbocycles. The van der Waals surface area contributed by atoms with Crippen LogP contribution in [0.2, 0.25) is 0 Å². The number of ether oxygens (including phenoxy) is 3. The Morgan fingerprint density at radius 1 is 1.05 bits per heavy atom. The molecule has 2 atom stereocenters. The van der Waals surface area contributed by atoms with Crippen molar-refractivity contribution in [3.63, 3.8) is 0 Å². The Labute approximate surface area is 215 Å². The largest absolute Gasteiger partial charge is 0.489 e. The Bertz CT molecular complexity index is 1430. The second-order valence-corrected chi connectivity index (χ2v) is 9.16. The van der Waals surface area contributed by atoms with E-state index in [-0.39, 0.29) is 23.3 Å². The minimum atomic E-state index is -1.15. The fraction of sp³-hybridized carbons (Fsp3) is 0.226. The molecule has 0 aliphatic carbocycles. The predicted octanol–water partition coefficient (Wildman–Crippen LogP) is 6.46. The second-order valence-electron chi connectivity index (χ2n) is 9.16. The van der Waals surface area contributed by atoms with E-state index in [1.54, 1.807) is 7.11 Å². The van der Waals surface area contributed by atoms with E-state index in [0.29, 0.717) is 36.2 Å². The van der Waals surface area contributed by atoms with Gasteiger partial charge < -0.3 is 19.3 Å². The molecule has 0 amide bonds. The molecule has 0 bridgehead atoms. The summed E-state index contributed by atoms with van der Waals surface area (Å²) >= 11 is 0. The van der Waals surface area contributed by atoms with Crippen LogP contribution in [0.25, 0.3) is 21.9 Å². The van der Waals surface area contributed by atoms with Crippen LogP contribution in [-0.2, 0) is 16.1 Å². The van der Waals surface area contributed by atoms with Gasteiger partial charge in [-0.05, 0) is 58.1 Å². The molecule has 37 heavy (non-hydrogen) atoms. The molecule has 5 rings (SSSR count). The molecule has 1 N–H and O–H groups in total. The van der Waals surface area contributed by atoms with Gasteiger partial charge in [0, 0.05) is 31.3 Å². The number of carbonyl (C=O) groups is 2. The van der Waals surface area contributed by atoms with Crippen molar-refractivity contribution in [3.05, 3.63) is 101 Å². The first kappa shape index (κ1) is 24.7. The Morgan fingerprint density at radius 3 is 2.65 bits per heavy atom. The van der Waals surface area contributed by atoms with Gasteiger partial charge in [0.15, 0.2) is 6.29 Å². The lowest BCUT2D eigenvalue weighted by Crippen LogP contribution is -2.25. The average Bonchev–Trinajstić information content (AvgIpc) is 2.95. The number of fused-ring (bicyclic) bond motifs is 1. The minimum Gasteiger partial charge on any atom is -0.489 e. The highest BCUT2D eigenvalue weighted by molar-refractivity contribution is 6.12. The van der Waals surface area contributed by atoms with Crippen molar-refractivity contribution in [3.8, 4) is 16.9 Å². The highest BCUT2D eigenvalue weighted by Gasteiger charge is 2.24. The first-order valence-corrected chi connectivity index (χ1v) is 12.3. The van der Waals surface area contributed by atoms with Crippen LogP contribution in [0.1, 0.15) is 50.8 Å². The summed E-state index contributed by atoms with van der Waals surface area (Å²) in [7, 11) is 1.74. The Balaban J connectivity index is 1.43. The number of aldehydes is 1. The normalized spacial score (nSPS) is 17.4. The third-order valence-corrected chi connectivity index (χ3v) is 6.86. The number of rotatable bonds is 8. The minimum absolute atomic E-state index is 0.00261. The Hall–Kier alpha value is -4.00. The molecule has 6 nitrogen and oxygen atoms in total. The van der Waals surface area contributed by atoms with Crippen LogP contribution < -0.4 is 4.74 Å². The quantitative estimate of drug-likeness (QED) is 0.282. The maximum Gasteiger partial charge on any atom is 0.336 e. The van der Waals surface area contributed by atoms with E-state index in [2.05, 4.69) is 12.1 Å². The lowest BCUT2D eigenvalue weighted by atomic mass is 9.90. The summed E-state index contributed by atoms with van der Waals surface area (Å²) < 4.78 is 17.6. The number of carboxylic acid groups (broad SMARTS) is 1. The lowest BCUT2D eigenvalue weighted by molar-refractivity contribution is -0.0599. The van der Waals surface area contributed by atoms with Crippen LogP contribution in [0.5, 0.6) is 5.75 Å². The van der Waals surface area contributed by atoms with Crippen molar-refractivity contribution in [2.75, 3.05) is 13.7 Å². The van der Waals surface area contributed by atoms with Gasteiger partial charge in [-0.1, -0.05) is 54.6 Å². The van der Waals surface area contributed by atoms with Crippen LogP contribution in [0.3, 0.4) is 0 Å². The molecule has 0 saturated carbocycles. The molecule has 6 heteroatoms. The molecule has 1 aliphatic rings. The molecular weight excluding hydrogens is 468 g/mol. The van der Waals surface area contributed by atoms with Crippen molar-refractivity contribution >= 4 is 23.0 Å². The fourth-order valence-electron chi connectivity index (χ4n) is 4.97. The van der Waals surface area contributed by atoms with Crippen LogP contribution in [-0.4, -0.2) is 37.2 Å². The SMILES string of the molecule is COC1CCOC(c2cccc(COc3ccc4c(-c5ccccc5)c(C=O)c(C(=O)O)cc4c3)c2)C1. The van der Waals surface area contributed by atoms with Gasteiger partial charge in [0.2, 0.25) is 0 Å². The average molecular weight is 497 g/mol. The summed E-state index contributed by atoms with van der Waals surface area (Å²) in [4.78, 5) is 24.0. The van der Waals surface area contributed by atoms with Crippen molar-refractivity contribution in [2.45, 2.75) is 31.7 Å². The third-order valence-electron chi connectivity index (χ3n) is 6.86. The summed E-state index contributed by atoms with van der Waals surface area (Å²) in [5.41, 5.74) is 3.62. The van der Waals surface area contributed by atoms with E-state index in [1.165, 1.54) is 6.07 Å². The fourth-order valence-corrected chi connectivity index (χ4v) is 4.97. The van der Waals surface area contributed by atoms with Crippen molar-refractivity contribution in [2.24, 2.45) is 0 Å². The van der Waals surface area contributed by atoms with Gasteiger partial charge in [0.05, 0.1) is 17.8 Å². The number of aromatic carboxylic acids is 1. The molecule has 2 unspecified atom stereocenters. The van der Waals surface area contributed by atoms with E-state index < -0.39 is 5.97 Å². The molecule has 188 valence electrons. The van der Waals surface area contributed by atoms with Gasteiger partial charge in [-0.25, -0.2) is 4.79 Å². The highest BCUT2D eigenvalue weighted by Crippen LogP contribution is 2.36. The zero-order chi connectivity index (χ0) is 25.8. The molecule has 0 aromatic heterocycles. The Morgan fingerprint density at radius 2 is 1.89 bits per heavy atom. The van der Waals surface area contributed by atoms with Crippen LogP contribution >= 0.6 is 0 Å². The van der Waals surface area contributed by atoms with Crippen molar-refractivity contribution < 1.29 is 28.9 Å². The number of hydrogen-bond donors (Lipinski definition) is 1. The first-order valence-electron chi connectivity index (χ1n) is 12.3. The lowest BCUT2D eigenvalue weighted by Gasteiger charge is -2.29. The van der Waals surface area contributed by atoms with Gasteiger partial charge in [-0.2, -0.15) is 0 Å². The van der Waals surface area contributed by atoms with E-state index in [1.807, 2.05) is 60.7 Å². The van der Waals surface area contributed by atoms with Gasteiger partial charge in [-0.3, -0.25) is 4.79 Å². The molecule has 0 spiro atoms. The summed E-state index contributed by atoms with van der Waals surface area (Å²) in [6.07, 6.45) is 2.55.